The first-order valence-corrected chi connectivity index (χ1v) is 5.74. The fourth-order valence-electron chi connectivity index (χ4n) is 2.04. The molecule has 0 saturated heterocycles. The van der Waals surface area contributed by atoms with Crippen molar-refractivity contribution < 1.29 is 9.53 Å². The molecule has 0 bridgehead atoms. The number of amides is 1. The first-order valence-electron chi connectivity index (χ1n) is 5.74. The summed E-state index contributed by atoms with van der Waals surface area (Å²) < 4.78 is 4.99. The van der Waals surface area contributed by atoms with E-state index in [4.69, 9.17) is 10.5 Å². The van der Waals surface area contributed by atoms with E-state index in [1.54, 1.807) is 0 Å². The molecule has 1 fully saturated rings. The highest BCUT2D eigenvalue weighted by Crippen LogP contribution is 2.35. The first-order chi connectivity index (χ1) is 7.55. The van der Waals surface area contributed by atoms with Crippen LogP contribution >= 0.6 is 0 Å². The van der Waals surface area contributed by atoms with Gasteiger partial charge in [0, 0.05) is 25.7 Å². The van der Waals surface area contributed by atoms with Crippen molar-refractivity contribution in [1.29, 1.82) is 0 Å². The Morgan fingerprint density at radius 1 is 1.56 bits per heavy atom. The summed E-state index contributed by atoms with van der Waals surface area (Å²) in [5.41, 5.74) is 5.57. The summed E-state index contributed by atoms with van der Waals surface area (Å²) in [5, 5.41) is 2.92. The van der Waals surface area contributed by atoms with Crippen LogP contribution in [0.5, 0.6) is 0 Å². The van der Waals surface area contributed by atoms with E-state index in [9.17, 15) is 4.79 Å². The van der Waals surface area contributed by atoms with Crippen LogP contribution in [0.15, 0.2) is 0 Å². The van der Waals surface area contributed by atoms with Gasteiger partial charge in [0.1, 0.15) is 6.10 Å². The second-order valence-electron chi connectivity index (χ2n) is 4.65. The normalized spacial score (nSPS) is 20.3. The van der Waals surface area contributed by atoms with Crippen LogP contribution in [0.2, 0.25) is 0 Å². The quantitative estimate of drug-likeness (QED) is 0.648. The zero-order valence-corrected chi connectivity index (χ0v) is 10.5. The van der Waals surface area contributed by atoms with E-state index in [1.807, 2.05) is 0 Å². The number of nitrogens with two attached hydrogens (primary N) is 1. The van der Waals surface area contributed by atoms with Crippen molar-refractivity contribution in [2.45, 2.75) is 30.9 Å². The molecule has 1 unspecified atom stereocenters. The van der Waals surface area contributed by atoms with Gasteiger partial charge in [-0.1, -0.05) is 0 Å². The van der Waals surface area contributed by atoms with E-state index in [1.165, 1.54) is 13.5 Å². The predicted molar refractivity (Wildman–Crippen MR) is 63.1 cm³/mol. The Morgan fingerprint density at radius 2 is 2.19 bits per heavy atom. The number of hydrogen-bond acceptors (Lipinski definition) is 4. The topological polar surface area (TPSA) is 67.6 Å². The largest absolute Gasteiger partial charge is 0.370 e. The second kappa shape index (κ2) is 5.61. The molecule has 16 heavy (non-hydrogen) atoms. The number of carbonyl (C=O) groups is 1. The fourth-order valence-corrected chi connectivity index (χ4v) is 2.04. The van der Waals surface area contributed by atoms with Crippen LogP contribution in [-0.4, -0.2) is 56.7 Å². The number of rotatable bonds is 6. The molecule has 1 amide bonds. The van der Waals surface area contributed by atoms with Gasteiger partial charge < -0.3 is 20.7 Å². The third kappa shape index (κ3) is 2.72. The van der Waals surface area contributed by atoms with Gasteiger partial charge in [-0.2, -0.15) is 0 Å². The van der Waals surface area contributed by atoms with Crippen molar-refractivity contribution >= 4 is 5.91 Å². The van der Waals surface area contributed by atoms with Gasteiger partial charge in [-0.05, 0) is 33.4 Å². The fraction of sp³-hybridized carbons (Fsp3) is 0.909. The predicted octanol–water partition coefficient (Wildman–Crippen LogP) is -0.439. The smallest absolute Gasteiger partial charge is 0.250 e. The van der Waals surface area contributed by atoms with E-state index in [2.05, 4.69) is 24.3 Å². The van der Waals surface area contributed by atoms with E-state index in [0.717, 1.165) is 12.8 Å². The molecule has 1 aliphatic carbocycles. The highest BCUT2D eigenvalue weighted by molar-refractivity contribution is 5.81. The molecule has 5 nitrogen and oxygen atoms in total. The lowest BCUT2D eigenvalue weighted by molar-refractivity contribution is -0.131. The van der Waals surface area contributed by atoms with E-state index in [-0.39, 0.29) is 18.0 Å². The minimum Gasteiger partial charge on any atom is -0.370 e. The van der Waals surface area contributed by atoms with Gasteiger partial charge in [0.25, 0.3) is 5.91 Å². The van der Waals surface area contributed by atoms with Crippen molar-refractivity contribution in [3.8, 4) is 0 Å². The van der Waals surface area contributed by atoms with E-state index in [0.29, 0.717) is 6.54 Å². The monoisotopic (exact) mass is 229 g/mol. The third-order valence-electron chi connectivity index (χ3n) is 3.62. The van der Waals surface area contributed by atoms with Crippen LogP contribution in [0, 0.1) is 0 Å². The molecule has 1 aliphatic rings. The van der Waals surface area contributed by atoms with Gasteiger partial charge in [0.2, 0.25) is 0 Å². The lowest BCUT2D eigenvalue weighted by Gasteiger charge is -2.47. The van der Waals surface area contributed by atoms with Crippen molar-refractivity contribution in [3.63, 3.8) is 0 Å². The Balaban J connectivity index is 2.41. The van der Waals surface area contributed by atoms with E-state index < -0.39 is 6.10 Å². The summed E-state index contributed by atoms with van der Waals surface area (Å²) in [4.78, 5) is 13.9. The maximum Gasteiger partial charge on any atom is 0.250 e. The van der Waals surface area contributed by atoms with Crippen LogP contribution in [0.1, 0.15) is 19.3 Å². The van der Waals surface area contributed by atoms with Crippen LogP contribution in [0.3, 0.4) is 0 Å². The molecule has 0 aromatic rings. The van der Waals surface area contributed by atoms with Gasteiger partial charge >= 0.3 is 0 Å². The van der Waals surface area contributed by atoms with Crippen LogP contribution < -0.4 is 11.1 Å². The average Bonchev–Trinajstić information content (AvgIpc) is 2.17. The van der Waals surface area contributed by atoms with Gasteiger partial charge in [-0.25, -0.2) is 0 Å². The molecule has 3 N–H and O–H groups in total. The molecule has 0 spiro atoms. The first kappa shape index (κ1) is 13.4. The SMILES string of the molecule is COC(CN)C(=O)NCC1(N(C)C)CCC1. The average molecular weight is 229 g/mol. The Hall–Kier alpha value is -0.650. The standard InChI is InChI=1S/C11H23N3O2/c1-14(2)11(5-4-6-11)8-13-10(15)9(7-12)16-3/h9H,4-8,12H2,1-3H3,(H,13,15). The minimum atomic E-state index is -0.528. The Labute approximate surface area is 97.3 Å². The number of methoxy groups -OCH3 is 1. The lowest BCUT2D eigenvalue weighted by atomic mass is 9.75. The summed E-state index contributed by atoms with van der Waals surface area (Å²) in [6, 6.07) is 0. The van der Waals surface area contributed by atoms with Gasteiger partial charge in [0.05, 0.1) is 0 Å². The molecular weight excluding hydrogens is 206 g/mol. The highest BCUT2D eigenvalue weighted by Gasteiger charge is 2.39. The highest BCUT2D eigenvalue weighted by atomic mass is 16.5. The van der Waals surface area contributed by atoms with Gasteiger partial charge in [-0.3, -0.25) is 4.79 Å². The van der Waals surface area contributed by atoms with Crippen molar-refractivity contribution in [3.05, 3.63) is 0 Å². The summed E-state index contributed by atoms with van der Waals surface area (Å²) >= 11 is 0. The Bertz CT molecular complexity index is 235. The molecule has 1 atom stereocenters. The summed E-state index contributed by atoms with van der Waals surface area (Å²) in [5.74, 6) is -0.113. The van der Waals surface area contributed by atoms with E-state index >= 15 is 0 Å². The summed E-state index contributed by atoms with van der Waals surface area (Å²) in [6.45, 7) is 0.899. The van der Waals surface area contributed by atoms with Crippen LogP contribution in [0.4, 0.5) is 0 Å². The summed E-state index contributed by atoms with van der Waals surface area (Å²) in [6.07, 6.45) is 2.99. The Morgan fingerprint density at radius 3 is 2.50 bits per heavy atom. The van der Waals surface area contributed by atoms with Crippen molar-refractivity contribution in [2.75, 3.05) is 34.3 Å². The molecule has 0 aromatic carbocycles. The summed E-state index contributed by atoms with van der Waals surface area (Å²) in [7, 11) is 5.62. The molecule has 5 heteroatoms. The number of nitrogens with one attached hydrogen (secondary N) is 1. The van der Waals surface area contributed by atoms with Crippen molar-refractivity contribution in [1.82, 2.24) is 10.2 Å². The van der Waals surface area contributed by atoms with Crippen molar-refractivity contribution in [2.24, 2.45) is 5.73 Å². The molecular formula is C11H23N3O2. The Kier molecular flexibility index (Phi) is 4.70. The zero-order chi connectivity index (χ0) is 12.2. The maximum absolute atomic E-state index is 11.7. The third-order valence-corrected chi connectivity index (χ3v) is 3.62. The zero-order valence-electron chi connectivity index (χ0n) is 10.5. The second-order valence-corrected chi connectivity index (χ2v) is 4.65. The maximum atomic E-state index is 11.7. The van der Waals surface area contributed by atoms with Gasteiger partial charge in [0.15, 0.2) is 0 Å². The number of hydrogen-bond donors (Lipinski definition) is 2. The molecule has 0 heterocycles. The number of carbonyl (C=O) groups excluding carboxylic acids is 1. The van der Waals surface area contributed by atoms with Crippen LogP contribution in [0.25, 0.3) is 0 Å². The number of nitrogens with zero attached hydrogens (tertiary/aromatic N) is 1. The lowest BCUT2D eigenvalue weighted by Crippen LogP contribution is -2.58. The van der Waals surface area contributed by atoms with Gasteiger partial charge in [-0.15, -0.1) is 0 Å². The number of ether oxygens (including phenoxy) is 1. The molecule has 0 aliphatic heterocycles. The molecule has 94 valence electrons. The molecule has 1 rings (SSSR count). The minimum absolute atomic E-state index is 0.113. The molecule has 0 aromatic heterocycles. The molecule has 1 saturated carbocycles. The molecule has 0 radical (unpaired) electrons. The number of likely N-dealkylation sites (N-methyl/N-ethyl adjacent to an activating group) is 1. The van der Waals surface area contributed by atoms with Crippen LogP contribution in [-0.2, 0) is 9.53 Å².